The van der Waals surface area contributed by atoms with Crippen LogP contribution in [0, 0.1) is 0 Å². The topological polar surface area (TPSA) is 63.4 Å². The molecule has 1 fully saturated rings. The highest BCUT2D eigenvalue weighted by Gasteiger charge is 2.36. The van der Waals surface area contributed by atoms with Crippen molar-refractivity contribution >= 4 is 10.0 Å². The molecule has 22 heavy (non-hydrogen) atoms. The number of benzene rings is 1. The predicted octanol–water partition coefficient (Wildman–Crippen LogP) is 2.35. The lowest BCUT2D eigenvalue weighted by atomic mass is 10.1. The van der Waals surface area contributed by atoms with Crippen LogP contribution in [0.3, 0.4) is 0 Å². The van der Waals surface area contributed by atoms with Crippen molar-refractivity contribution < 1.29 is 21.6 Å². The van der Waals surface area contributed by atoms with Crippen LogP contribution in [0.5, 0.6) is 0 Å². The van der Waals surface area contributed by atoms with Crippen LogP contribution in [0.25, 0.3) is 0 Å². The maximum atomic E-state index is 13.0. The first-order valence-electron chi connectivity index (χ1n) is 7.10. The molecule has 8 heteroatoms. The van der Waals surface area contributed by atoms with Gasteiger partial charge in [-0.25, -0.2) is 8.42 Å². The summed E-state index contributed by atoms with van der Waals surface area (Å²) in [6.45, 7) is 0.499. The Balaban J connectivity index is 2.29. The van der Waals surface area contributed by atoms with E-state index in [1.807, 2.05) is 0 Å². The van der Waals surface area contributed by atoms with Gasteiger partial charge in [-0.3, -0.25) is 0 Å². The summed E-state index contributed by atoms with van der Waals surface area (Å²) >= 11 is 0. The Bertz CT molecular complexity index is 617. The molecule has 0 amide bonds. The highest BCUT2D eigenvalue weighted by molar-refractivity contribution is 7.88. The van der Waals surface area contributed by atoms with Crippen molar-refractivity contribution in [2.24, 2.45) is 5.73 Å². The number of piperidine rings is 1. The fraction of sp³-hybridized carbons (Fsp3) is 0.571. The standard InChI is InChI=1S/C14H19F3N2O2S/c15-14(16,17)13-7-2-1-5-11(13)10-22(20,21)19-8-4-3-6-12(19)9-18/h1-2,5,7,12H,3-4,6,8-10,18H2. The zero-order valence-electron chi connectivity index (χ0n) is 12.0. The molecule has 1 saturated heterocycles. The molecule has 2 N–H and O–H groups in total. The molecule has 2 rings (SSSR count). The van der Waals surface area contributed by atoms with E-state index in [2.05, 4.69) is 0 Å². The SMILES string of the molecule is NCC1CCCCN1S(=O)(=O)Cc1ccccc1C(F)(F)F. The minimum absolute atomic E-state index is 0.181. The van der Waals surface area contributed by atoms with Crippen molar-refractivity contribution in [3.63, 3.8) is 0 Å². The zero-order chi connectivity index (χ0) is 16.4. The van der Waals surface area contributed by atoms with Gasteiger partial charge < -0.3 is 5.73 Å². The molecular weight excluding hydrogens is 317 g/mol. The number of nitrogens with two attached hydrogens (primary N) is 1. The smallest absolute Gasteiger partial charge is 0.329 e. The zero-order valence-corrected chi connectivity index (χ0v) is 12.8. The van der Waals surface area contributed by atoms with Gasteiger partial charge in [0.1, 0.15) is 0 Å². The molecule has 0 radical (unpaired) electrons. The van der Waals surface area contributed by atoms with Gasteiger partial charge in [0.05, 0.1) is 11.3 Å². The third-order valence-electron chi connectivity index (χ3n) is 3.86. The molecular formula is C14H19F3N2O2S. The number of hydrogen-bond donors (Lipinski definition) is 1. The Hall–Kier alpha value is -1.12. The maximum Gasteiger partial charge on any atom is 0.416 e. The average Bonchev–Trinajstić information content (AvgIpc) is 2.46. The van der Waals surface area contributed by atoms with Crippen LogP contribution in [0.1, 0.15) is 30.4 Å². The highest BCUT2D eigenvalue weighted by atomic mass is 32.2. The number of nitrogens with zero attached hydrogens (tertiary/aromatic N) is 1. The highest BCUT2D eigenvalue weighted by Crippen LogP contribution is 2.33. The van der Waals surface area contributed by atoms with Gasteiger partial charge in [0.2, 0.25) is 10.0 Å². The van der Waals surface area contributed by atoms with Crippen molar-refractivity contribution in [2.75, 3.05) is 13.1 Å². The number of hydrogen-bond acceptors (Lipinski definition) is 3. The van der Waals surface area contributed by atoms with Crippen LogP contribution in [-0.4, -0.2) is 31.9 Å². The largest absolute Gasteiger partial charge is 0.416 e. The summed E-state index contributed by atoms with van der Waals surface area (Å²) in [5.74, 6) is -0.654. The Morgan fingerprint density at radius 1 is 1.23 bits per heavy atom. The molecule has 1 aliphatic rings. The summed E-state index contributed by atoms with van der Waals surface area (Å²) in [5, 5.41) is 0. The molecule has 0 spiro atoms. The normalized spacial score (nSPS) is 21.0. The summed E-state index contributed by atoms with van der Waals surface area (Å²) in [6.07, 6.45) is -2.33. The van der Waals surface area contributed by atoms with E-state index in [4.69, 9.17) is 5.73 Å². The van der Waals surface area contributed by atoms with E-state index in [0.717, 1.165) is 12.5 Å². The summed E-state index contributed by atoms with van der Waals surface area (Å²) in [6, 6.07) is 4.46. The van der Waals surface area contributed by atoms with Crippen LogP contribution in [-0.2, 0) is 22.0 Å². The summed E-state index contributed by atoms with van der Waals surface area (Å²) in [5.41, 5.74) is 4.47. The van der Waals surface area contributed by atoms with Gasteiger partial charge in [-0.15, -0.1) is 0 Å². The van der Waals surface area contributed by atoms with E-state index in [-0.39, 0.29) is 18.2 Å². The van der Waals surface area contributed by atoms with Crippen molar-refractivity contribution in [2.45, 2.75) is 37.2 Å². The third kappa shape index (κ3) is 3.80. The van der Waals surface area contributed by atoms with Gasteiger partial charge in [0.25, 0.3) is 0 Å². The lowest BCUT2D eigenvalue weighted by molar-refractivity contribution is -0.138. The Morgan fingerprint density at radius 2 is 1.91 bits per heavy atom. The van der Waals surface area contributed by atoms with Crippen LogP contribution < -0.4 is 5.73 Å². The molecule has 0 aliphatic carbocycles. The molecule has 0 saturated carbocycles. The van der Waals surface area contributed by atoms with Gasteiger partial charge in [-0.05, 0) is 24.5 Å². The number of alkyl halides is 3. The van der Waals surface area contributed by atoms with E-state index in [9.17, 15) is 21.6 Å². The van der Waals surface area contributed by atoms with Gasteiger partial charge >= 0.3 is 6.18 Å². The summed E-state index contributed by atoms with van der Waals surface area (Å²) in [4.78, 5) is 0. The quantitative estimate of drug-likeness (QED) is 0.918. The lowest BCUT2D eigenvalue weighted by Crippen LogP contribution is -2.47. The second-order valence-electron chi connectivity index (χ2n) is 5.41. The maximum absolute atomic E-state index is 13.0. The molecule has 1 unspecified atom stereocenters. The van der Waals surface area contributed by atoms with Gasteiger partial charge in [-0.1, -0.05) is 24.6 Å². The molecule has 1 aromatic rings. The van der Waals surface area contributed by atoms with Crippen molar-refractivity contribution in [1.29, 1.82) is 0 Å². The van der Waals surface area contributed by atoms with E-state index in [1.165, 1.54) is 22.5 Å². The van der Waals surface area contributed by atoms with Gasteiger partial charge in [0, 0.05) is 19.1 Å². The minimum atomic E-state index is -4.57. The van der Waals surface area contributed by atoms with Gasteiger partial charge in [-0.2, -0.15) is 17.5 Å². The second kappa shape index (κ2) is 6.55. The Kier molecular flexibility index (Phi) is 5.14. The van der Waals surface area contributed by atoms with Crippen LogP contribution in [0.15, 0.2) is 24.3 Å². The molecule has 4 nitrogen and oxygen atoms in total. The minimum Gasteiger partial charge on any atom is -0.329 e. The fourth-order valence-electron chi connectivity index (χ4n) is 2.78. The number of sulfonamides is 1. The molecule has 1 atom stereocenters. The first-order valence-corrected chi connectivity index (χ1v) is 8.71. The van der Waals surface area contributed by atoms with Gasteiger partial charge in [0.15, 0.2) is 0 Å². The van der Waals surface area contributed by atoms with Crippen molar-refractivity contribution in [3.05, 3.63) is 35.4 Å². The van der Waals surface area contributed by atoms with E-state index in [1.54, 1.807) is 0 Å². The van der Waals surface area contributed by atoms with Crippen LogP contribution in [0.2, 0.25) is 0 Å². The predicted molar refractivity (Wildman–Crippen MR) is 77.5 cm³/mol. The molecule has 1 aliphatic heterocycles. The second-order valence-corrected chi connectivity index (χ2v) is 7.33. The Morgan fingerprint density at radius 3 is 2.55 bits per heavy atom. The molecule has 0 bridgehead atoms. The molecule has 0 aromatic heterocycles. The molecule has 1 heterocycles. The lowest BCUT2D eigenvalue weighted by Gasteiger charge is -2.34. The van der Waals surface area contributed by atoms with Crippen molar-refractivity contribution in [3.8, 4) is 0 Å². The number of halogens is 3. The van der Waals surface area contributed by atoms with E-state index in [0.29, 0.717) is 19.4 Å². The fourth-order valence-corrected chi connectivity index (χ4v) is 4.64. The average molecular weight is 336 g/mol. The number of rotatable bonds is 4. The molecule has 1 aromatic carbocycles. The van der Waals surface area contributed by atoms with E-state index >= 15 is 0 Å². The van der Waals surface area contributed by atoms with Crippen LogP contribution >= 0.6 is 0 Å². The monoisotopic (exact) mass is 336 g/mol. The van der Waals surface area contributed by atoms with Crippen molar-refractivity contribution in [1.82, 2.24) is 4.31 Å². The third-order valence-corrected chi connectivity index (χ3v) is 5.73. The summed E-state index contributed by atoms with van der Waals surface area (Å²) in [7, 11) is -3.83. The van der Waals surface area contributed by atoms with E-state index < -0.39 is 27.5 Å². The molecule has 124 valence electrons. The summed E-state index contributed by atoms with van der Waals surface area (Å²) < 4.78 is 65.2. The first kappa shape index (κ1) is 17.2. The first-order chi connectivity index (χ1) is 10.3. The van der Waals surface area contributed by atoms with Crippen LogP contribution in [0.4, 0.5) is 13.2 Å². The Labute approximate surface area is 128 Å².